The van der Waals surface area contributed by atoms with Gasteiger partial charge in [0.05, 0.1) is 11.4 Å². The third-order valence-corrected chi connectivity index (χ3v) is 4.49. The molecule has 2 aromatic rings. The van der Waals surface area contributed by atoms with E-state index in [1.807, 2.05) is 10.9 Å². The van der Waals surface area contributed by atoms with Gasteiger partial charge in [-0.05, 0) is 49.2 Å². The first-order valence-electron chi connectivity index (χ1n) is 10.2. The second kappa shape index (κ2) is 12.0. The number of carbonyl (C=O) groups excluding carboxylic acids is 4. The molecular formula is C22H18F6N6O4. The van der Waals surface area contributed by atoms with Gasteiger partial charge in [-0.3, -0.25) is 19.2 Å². The molecule has 0 aliphatic heterocycles. The van der Waals surface area contributed by atoms with E-state index in [4.69, 9.17) is 0 Å². The topological polar surface area (TPSA) is 141 Å². The summed E-state index contributed by atoms with van der Waals surface area (Å²) in [5.41, 5.74) is 4.76. The number of amides is 4. The number of rotatable bonds is 6. The highest BCUT2D eigenvalue weighted by molar-refractivity contribution is 6.35. The number of hydrogen-bond donors (Lipinski definition) is 4. The van der Waals surface area contributed by atoms with Gasteiger partial charge in [-0.2, -0.15) is 36.5 Å². The lowest BCUT2D eigenvalue weighted by Gasteiger charge is -2.09. The molecule has 0 saturated heterocycles. The molecule has 0 bridgehead atoms. The fourth-order valence-electron chi connectivity index (χ4n) is 2.49. The van der Waals surface area contributed by atoms with Crippen molar-refractivity contribution in [2.24, 2.45) is 10.2 Å². The van der Waals surface area contributed by atoms with Gasteiger partial charge in [-0.1, -0.05) is 24.3 Å². The van der Waals surface area contributed by atoms with Crippen molar-refractivity contribution >= 4 is 46.4 Å². The van der Waals surface area contributed by atoms with Gasteiger partial charge in [0.1, 0.15) is 0 Å². The van der Waals surface area contributed by atoms with Crippen LogP contribution in [0.15, 0.2) is 58.7 Å². The predicted octanol–water partition coefficient (Wildman–Crippen LogP) is 3.07. The predicted molar refractivity (Wildman–Crippen MR) is 123 cm³/mol. The van der Waals surface area contributed by atoms with E-state index in [1.54, 1.807) is 10.6 Å². The maximum absolute atomic E-state index is 12.3. The number of carbonyl (C=O) groups is 4. The lowest BCUT2D eigenvalue weighted by Crippen LogP contribution is -2.36. The normalized spacial score (nSPS) is 12.4. The highest BCUT2D eigenvalue weighted by Crippen LogP contribution is 2.20. The third kappa shape index (κ3) is 8.72. The van der Waals surface area contributed by atoms with Crippen LogP contribution in [0.2, 0.25) is 0 Å². The Bertz CT molecular complexity index is 1170. The number of alkyl halides is 6. The molecule has 2 rings (SSSR count). The summed E-state index contributed by atoms with van der Waals surface area (Å²) >= 11 is 0. The van der Waals surface area contributed by atoms with Crippen LogP contribution in [0, 0.1) is 0 Å². The van der Waals surface area contributed by atoms with Crippen molar-refractivity contribution in [3.63, 3.8) is 0 Å². The van der Waals surface area contributed by atoms with E-state index in [2.05, 4.69) is 10.2 Å². The summed E-state index contributed by atoms with van der Waals surface area (Å²) in [6.07, 6.45) is -10.1. The summed E-state index contributed by atoms with van der Waals surface area (Å²) in [6, 6.07) is 10.0. The minimum atomic E-state index is -5.05. The molecule has 4 amide bonds. The molecule has 0 radical (unpaired) electrons. The first-order chi connectivity index (χ1) is 17.6. The van der Waals surface area contributed by atoms with Crippen LogP contribution in [-0.2, 0) is 19.2 Å². The van der Waals surface area contributed by atoms with E-state index in [9.17, 15) is 45.5 Å². The minimum absolute atomic E-state index is 0.124. The molecule has 0 fully saturated rings. The van der Waals surface area contributed by atoms with Gasteiger partial charge in [-0.15, -0.1) is 0 Å². The molecule has 0 spiro atoms. The average molecular weight is 544 g/mol. The first kappa shape index (κ1) is 29.5. The molecule has 10 nitrogen and oxygen atoms in total. The minimum Gasteiger partial charge on any atom is -0.318 e. The van der Waals surface area contributed by atoms with Gasteiger partial charge in [-0.25, -0.2) is 10.9 Å². The van der Waals surface area contributed by atoms with Gasteiger partial charge >= 0.3 is 36.0 Å². The van der Waals surface area contributed by atoms with E-state index in [0.29, 0.717) is 11.1 Å². The van der Waals surface area contributed by atoms with Crippen molar-refractivity contribution in [2.45, 2.75) is 26.2 Å². The molecule has 0 saturated carbocycles. The fraction of sp³-hybridized carbons (Fsp3) is 0.182. The number of halogens is 6. The number of anilines is 2. The third-order valence-electron chi connectivity index (χ3n) is 4.49. The van der Waals surface area contributed by atoms with E-state index in [-0.39, 0.29) is 22.8 Å². The van der Waals surface area contributed by atoms with E-state index >= 15 is 0 Å². The van der Waals surface area contributed by atoms with Crippen LogP contribution >= 0.6 is 0 Å². The van der Waals surface area contributed by atoms with Crippen LogP contribution in [0.5, 0.6) is 0 Å². The van der Waals surface area contributed by atoms with Gasteiger partial charge < -0.3 is 10.6 Å². The molecule has 0 aliphatic carbocycles. The molecule has 16 heteroatoms. The summed E-state index contributed by atoms with van der Waals surface area (Å²) < 4.78 is 73.8. The van der Waals surface area contributed by atoms with E-state index < -0.39 is 36.0 Å². The van der Waals surface area contributed by atoms with Crippen LogP contribution in [0.4, 0.5) is 37.7 Å². The molecule has 0 aromatic heterocycles. The van der Waals surface area contributed by atoms with E-state index in [0.717, 1.165) is 0 Å². The lowest BCUT2D eigenvalue weighted by atomic mass is 10.1. The Hall–Kier alpha value is -4.76. The largest absolute Gasteiger partial charge is 0.471 e. The quantitative estimate of drug-likeness (QED) is 0.192. The maximum atomic E-state index is 12.3. The van der Waals surface area contributed by atoms with Crippen LogP contribution in [0.3, 0.4) is 0 Å². The van der Waals surface area contributed by atoms with Crippen molar-refractivity contribution in [3.05, 3.63) is 59.7 Å². The smallest absolute Gasteiger partial charge is 0.318 e. The van der Waals surface area contributed by atoms with Crippen molar-refractivity contribution in [3.8, 4) is 0 Å². The molecule has 202 valence electrons. The van der Waals surface area contributed by atoms with Gasteiger partial charge in [0.15, 0.2) is 0 Å². The van der Waals surface area contributed by atoms with Crippen LogP contribution in [0.25, 0.3) is 0 Å². The standard InChI is InChI=1S/C22H18F6N6O4/c1-11(13-3-7-15(8-4-13)29-19(37)21(23,24)25)31-33-17(35)18(36)34-32-12(2)14-5-9-16(10-6-14)30-20(38)22(26,27)28/h3-10H,1-2H3,(H,29,37)(H,30,38)(H,33,35)(H,34,36)/b31-11+,32-12+. The average Bonchev–Trinajstić information content (AvgIpc) is 2.85. The lowest BCUT2D eigenvalue weighted by molar-refractivity contribution is -0.167. The molecule has 0 aliphatic rings. The molecule has 0 heterocycles. The zero-order valence-electron chi connectivity index (χ0n) is 19.4. The first-order valence-corrected chi connectivity index (χ1v) is 10.2. The van der Waals surface area contributed by atoms with Crippen LogP contribution < -0.4 is 21.5 Å². The van der Waals surface area contributed by atoms with Gasteiger partial charge in [0.2, 0.25) is 0 Å². The van der Waals surface area contributed by atoms with Crippen molar-refractivity contribution in [2.75, 3.05) is 10.6 Å². The Morgan fingerprint density at radius 2 is 0.868 bits per heavy atom. The van der Waals surface area contributed by atoms with Crippen LogP contribution in [0.1, 0.15) is 25.0 Å². The zero-order chi connectivity index (χ0) is 28.7. The van der Waals surface area contributed by atoms with E-state index in [1.165, 1.54) is 62.4 Å². The number of hydrazone groups is 2. The second-order valence-corrected chi connectivity index (χ2v) is 7.33. The summed E-state index contributed by atoms with van der Waals surface area (Å²) in [5.74, 6) is -6.70. The molecule has 0 unspecified atom stereocenters. The van der Waals surface area contributed by atoms with Gasteiger partial charge in [0, 0.05) is 11.4 Å². The zero-order valence-corrected chi connectivity index (χ0v) is 19.4. The number of benzene rings is 2. The number of nitrogens with zero attached hydrogens (tertiary/aromatic N) is 2. The fourth-order valence-corrected chi connectivity index (χ4v) is 2.49. The highest BCUT2D eigenvalue weighted by Gasteiger charge is 2.39. The maximum Gasteiger partial charge on any atom is 0.471 e. The van der Waals surface area contributed by atoms with Crippen molar-refractivity contribution in [1.29, 1.82) is 0 Å². The summed E-state index contributed by atoms with van der Waals surface area (Å²) in [5, 5.41) is 10.7. The van der Waals surface area contributed by atoms with Gasteiger partial charge in [0.25, 0.3) is 0 Å². The SMILES string of the molecule is C/C(=N\NC(=O)C(=O)N/N=C(\C)c1ccc(NC(=O)C(F)(F)F)cc1)c1ccc(NC(=O)C(F)(F)F)cc1. The van der Waals surface area contributed by atoms with Crippen LogP contribution in [-0.4, -0.2) is 47.4 Å². The number of hydrogen-bond acceptors (Lipinski definition) is 6. The Morgan fingerprint density at radius 3 is 1.13 bits per heavy atom. The Morgan fingerprint density at radius 1 is 0.579 bits per heavy atom. The molecule has 4 N–H and O–H groups in total. The second-order valence-electron chi connectivity index (χ2n) is 7.33. The van der Waals surface area contributed by atoms with Crippen molar-refractivity contribution < 1.29 is 45.5 Å². The summed E-state index contributed by atoms with van der Waals surface area (Å²) in [6.45, 7) is 2.87. The Labute approximate surface area is 210 Å². The monoisotopic (exact) mass is 544 g/mol. The van der Waals surface area contributed by atoms with Crippen molar-refractivity contribution in [1.82, 2.24) is 10.9 Å². The summed E-state index contributed by atoms with van der Waals surface area (Å²) in [4.78, 5) is 45.8. The molecule has 2 aromatic carbocycles. The summed E-state index contributed by atoms with van der Waals surface area (Å²) in [7, 11) is 0. The molecular weight excluding hydrogens is 526 g/mol. The molecule has 38 heavy (non-hydrogen) atoms. The highest BCUT2D eigenvalue weighted by atomic mass is 19.4. The Kier molecular flexibility index (Phi) is 9.29. The number of nitrogens with one attached hydrogen (secondary N) is 4. The Balaban J connectivity index is 1.92. The molecule has 0 atom stereocenters.